The minimum absolute atomic E-state index is 0.176. The van der Waals surface area contributed by atoms with Gasteiger partial charge in [0, 0.05) is 33.2 Å². The highest BCUT2D eigenvalue weighted by Gasteiger charge is 2.50. The third kappa shape index (κ3) is 6.10. The number of aliphatic imine (C=N–C) groups is 1. The molecule has 0 amide bonds. The largest absolute Gasteiger partial charge is 0.261 e. The molecule has 0 spiro atoms. The summed E-state index contributed by atoms with van der Waals surface area (Å²) in [6.45, 7) is 11.9. The number of hydroxylamine groups is 8. The number of hydrogen-bond acceptors (Lipinski definition) is 5. The fourth-order valence-electron chi connectivity index (χ4n) is 2.34. The van der Waals surface area contributed by atoms with Gasteiger partial charge in [0.15, 0.2) is 0 Å². The summed E-state index contributed by atoms with van der Waals surface area (Å²) in [5.74, 6) is 0. The van der Waals surface area contributed by atoms with Crippen LogP contribution in [-0.4, -0.2) is 75.0 Å². The van der Waals surface area contributed by atoms with Crippen molar-refractivity contribution in [3.63, 3.8) is 0 Å². The lowest BCUT2D eigenvalue weighted by Gasteiger charge is -2.46. The van der Waals surface area contributed by atoms with Gasteiger partial charge in [0.2, 0.25) is 11.4 Å². The Labute approximate surface area is 142 Å². The Morgan fingerprint density at radius 3 is 1.78 bits per heavy atom. The molecule has 0 heterocycles. The van der Waals surface area contributed by atoms with Crippen molar-refractivity contribution in [2.24, 2.45) is 4.99 Å². The average molecular weight is 335 g/mol. The van der Waals surface area contributed by atoms with E-state index in [1.807, 2.05) is 42.2 Å². The zero-order valence-corrected chi connectivity index (χ0v) is 16.8. The van der Waals surface area contributed by atoms with Crippen LogP contribution >= 0.6 is 0 Å². The van der Waals surface area contributed by atoms with Gasteiger partial charge < -0.3 is 0 Å². The maximum absolute atomic E-state index is 6.36. The Morgan fingerprint density at radius 1 is 1.00 bits per heavy atom. The zero-order chi connectivity index (χ0) is 18.5. The van der Waals surface area contributed by atoms with Gasteiger partial charge in [-0.15, -0.1) is 0 Å². The second kappa shape index (κ2) is 8.00. The lowest BCUT2D eigenvalue weighted by atomic mass is 10.1. The van der Waals surface area contributed by atoms with Gasteiger partial charge in [-0.2, -0.15) is 14.1 Å². The van der Waals surface area contributed by atoms with Crippen molar-refractivity contribution >= 4 is 6.72 Å². The van der Waals surface area contributed by atoms with Crippen molar-refractivity contribution in [2.75, 3.05) is 42.3 Å². The SMILES string of the molecule is C=NC(CC)(CC)O[N+](C)(C)C(C)(CC)ON(C)O[N+](C)(C)C. The van der Waals surface area contributed by atoms with Crippen LogP contribution in [0.3, 0.4) is 0 Å². The van der Waals surface area contributed by atoms with Gasteiger partial charge in [0.25, 0.3) is 0 Å². The number of quaternary nitrogens is 2. The summed E-state index contributed by atoms with van der Waals surface area (Å²) in [6, 6.07) is 0. The molecule has 138 valence electrons. The molecule has 0 fully saturated rings. The molecule has 0 aromatic carbocycles. The van der Waals surface area contributed by atoms with Gasteiger partial charge in [-0.1, -0.05) is 25.7 Å². The molecule has 0 radical (unpaired) electrons. The van der Waals surface area contributed by atoms with E-state index in [9.17, 15) is 0 Å². The van der Waals surface area contributed by atoms with Crippen LogP contribution in [0, 0.1) is 0 Å². The highest BCUT2D eigenvalue weighted by Crippen LogP contribution is 2.34. The first-order valence-corrected chi connectivity index (χ1v) is 8.27. The molecule has 0 aliphatic rings. The molecule has 0 aliphatic heterocycles. The van der Waals surface area contributed by atoms with Crippen LogP contribution in [0.2, 0.25) is 0 Å². The molecule has 0 saturated carbocycles. The van der Waals surface area contributed by atoms with Crippen molar-refractivity contribution in [1.29, 1.82) is 0 Å². The summed E-state index contributed by atoms with van der Waals surface area (Å²) in [5, 5.41) is 1.40. The van der Waals surface area contributed by atoms with Crippen molar-refractivity contribution in [3.8, 4) is 0 Å². The molecule has 1 unspecified atom stereocenters. The van der Waals surface area contributed by atoms with Crippen LogP contribution < -0.4 is 0 Å². The van der Waals surface area contributed by atoms with Crippen molar-refractivity contribution in [1.82, 2.24) is 5.23 Å². The smallest absolute Gasteiger partial charge is 0.250 e. The highest BCUT2D eigenvalue weighted by molar-refractivity contribution is 5.25. The van der Waals surface area contributed by atoms with E-state index in [2.05, 4.69) is 32.5 Å². The molecule has 0 aromatic heterocycles. The van der Waals surface area contributed by atoms with E-state index in [4.69, 9.17) is 14.6 Å². The van der Waals surface area contributed by atoms with Crippen LogP contribution in [0.4, 0.5) is 0 Å². The van der Waals surface area contributed by atoms with E-state index >= 15 is 0 Å². The van der Waals surface area contributed by atoms with Gasteiger partial charge >= 0.3 is 0 Å². The number of nitrogens with zero attached hydrogens (tertiary/aromatic N) is 4. The van der Waals surface area contributed by atoms with Crippen LogP contribution in [0.15, 0.2) is 4.99 Å². The quantitative estimate of drug-likeness (QED) is 0.252. The molecule has 0 saturated heterocycles. The molecule has 0 bridgehead atoms. The molecule has 0 N–H and O–H groups in total. The van der Waals surface area contributed by atoms with Gasteiger partial charge in [0.1, 0.15) is 35.2 Å². The first-order valence-electron chi connectivity index (χ1n) is 8.27. The summed E-state index contributed by atoms with van der Waals surface area (Å²) in [7, 11) is 11.4. The maximum Gasteiger partial charge on any atom is 0.250 e. The van der Waals surface area contributed by atoms with E-state index in [1.165, 1.54) is 5.23 Å². The number of rotatable bonds is 11. The van der Waals surface area contributed by atoms with Crippen LogP contribution in [0.1, 0.15) is 47.0 Å². The number of hydrogen-bond donors (Lipinski definition) is 0. The summed E-state index contributed by atoms with van der Waals surface area (Å²) in [6.07, 6.45) is 2.23. The molecule has 0 aliphatic carbocycles. The van der Waals surface area contributed by atoms with Gasteiger partial charge in [-0.25, -0.2) is 4.84 Å². The summed E-state index contributed by atoms with van der Waals surface area (Å²) >= 11 is 0. The molecule has 7 nitrogen and oxygen atoms in total. The minimum atomic E-state index is -0.649. The summed E-state index contributed by atoms with van der Waals surface area (Å²) in [4.78, 5) is 22.4. The Balaban J connectivity index is 5.33. The predicted molar refractivity (Wildman–Crippen MR) is 92.7 cm³/mol. The first-order chi connectivity index (χ1) is 10.3. The van der Waals surface area contributed by atoms with Gasteiger partial charge in [-0.05, 0) is 11.9 Å². The lowest BCUT2D eigenvalue weighted by molar-refractivity contribution is -1.15. The minimum Gasteiger partial charge on any atom is -0.261 e. The normalized spacial score (nSPS) is 16.5. The highest BCUT2D eigenvalue weighted by atomic mass is 17.0. The van der Waals surface area contributed by atoms with E-state index in [0.717, 1.165) is 19.3 Å². The summed E-state index contributed by atoms with van der Waals surface area (Å²) in [5.41, 5.74) is -1.27. The standard InChI is InChI=1S/C16H38N4O3/c1-12-15(4,21-18(6)23-19(7,8)9)20(10,11)22-16(13-2,14-3)17-5/h5,12-14H2,1-4,6-11H3/q+2. The van der Waals surface area contributed by atoms with E-state index < -0.39 is 11.4 Å². The molecular weight excluding hydrogens is 296 g/mol. The molecule has 23 heavy (non-hydrogen) atoms. The van der Waals surface area contributed by atoms with Gasteiger partial charge in [0.05, 0.1) is 0 Å². The summed E-state index contributed by atoms with van der Waals surface area (Å²) < 4.78 is 0.474. The second-order valence-corrected chi connectivity index (χ2v) is 7.28. The molecule has 7 heteroatoms. The van der Waals surface area contributed by atoms with Crippen LogP contribution in [0.5, 0.6) is 0 Å². The average Bonchev–Trinajstić information content (AvgIpc) is 2.42. The third-order valence-corrected chi connectivity index (χ3v) is 4.27. The lowest BCUT2D eigenvalue weighted by Crippen LogP contribution is -2.64. The molecule has 0 aromatic rings. The fourth-order valence-corrected chi connectivity index (χ4v) is 2.34. The van der Waals surface area contributed by atoms with Crippen LogP contribution in [0.25, 0.3) is 0 Å². The predicted octanol–water partition coefficient (Wildman–Crippen LogP) is 2.75. The van der Waals surface area contributed by atoms with Gasteiger partial charge in [-0.3, -0.25) is 4.99 Å². The molecule has 0 rings (SSSR count). The third-order valence-electron chi connectivity index (χ3n) is 4.27. The Kier molecular flexibility index (Phi) is 7.81. The molecular formula is C16H38N4O3+2. The Hall–Kier alpha value is -0.570. The van der Waals surface area contributed by atoms with E-state index in [-0.39, 0.29) is 4.65 Å². The fraction of sp³-hybridized carbons (Fsp3) is 0.938. The van der Waals surface area contributed by atoms with Crippen LogP contribution in [-0.2, 0) is 14.6 Å². The molecule has 1 atom stereocenters. The zero-order valence-electron chi connectivity index (χ0n) is 16.8. The first kappa shape index (κ1) is 22.4. The Morgan fingerprint density at radius 2 is 1.48 bits per heavy atom. The van der Waals surface area contributed by atoms with Crippen molar-refractivity contribution in [2.45, 2.75) is 58.4 Å². The monoisotopic (exact) mass is 334 g/mol. The Bertz CT molecular complexity index is 378. The van der Waals surface area contributed by atoms with Crippen molar-refractivity contribution < 1.29 is 23.9 Å². The topological polar surface area (TPSA) is 43.3 Å². The second-order valence-electron chi connectivity index (χ2n) is 7.28. The van der Waals surface area contributed by atoms with Crippen molar-refractivity contribution in [3.05, 3.63) is 0 Å². The van der Waals surface area contributed by atoms with E-state index in [1.54, 1.807) is 7.05 Å². The van der Waals surface area contributed by atoms with E-state index in [0.29, 0.717) is 4.65 Å². The maximum atomic E-state index is 6.36.